The molecular weight excluding hydrogens is 167 g/mol. The molecule has 3 heteroatoms. The summed E-state index contributed by atoms with van der Waals surface area (Å²) in [6.45, 7) is 8.84. The van der Waals surface area contributed by atoms with Gasteiger partial charge in [-0.2, -0.15) is 9.65 Å². The van der Waals surface area contributed by atoms with E-state index in [4.69, 9.17) is 11.8 Å². The van der Waals surface area contributed by atoms with Gasteiger partial charge in [-0.05, 0) is 17.0 Å². The number of rotatable bonds is 0. The maximum atomic E-state index is 12.7. The van der Waals surface area contributed by atoms with Crippen molar-refractivity contribution in [2.24, 2.45) is 0 Å². The molecule has 1 rings (SSSR count). The van der Waals surface area contributed by atoms with Gasteiger partial charge in [-0.15, -0.1) is 0 Å². The van der Waals surface area contributed by atoms with Crippen LogP contribution in [0, 0.1) is 23.7 Å². The smallest absolute Gasteiger partial charge is 0.198 e. The first-order valence-corrected chi connectivity index (χ1v) is 3.88. The van der Waals surface area contributed by atoms with Crippen LogP contribution in [0.3, 0.4) is 0 Å². The normalized spacial score (nSPS) is 7.46. The molecule has 0 saturated carbocycles. The van der Waals surface area contributed by atoms with E-state index in [0.717, 1.165) is 6.07 Å². The molecule has 0 aliphatic rings. The minimum Gasteiger partial charge on any atom is -0.198 e. The average molecular weight is 177 g/mol. The minimum atomic E-state index is -0.577. The molecule has 0 fully saturated rings. The largest absolute Gasteiger partial charge is 0.375 e. The van der Waals surface area contributed by atoms with Crippen molar-refractivity contribution in [1.82, 2.24) is 0 Å². The van der Waals surface area contributed by atoms with Gasteiger partial charge in [-0.25, -0.2) is 0 Å². The number of hydrogen-bond acceptors (Lipinski definition) is 1. The Balaban J connectivity index is 0.000000671. The summed E-state index contributed by atoms with van der Waals surface area (Å²) in [7, 11) is 0. The van der Waals surface area contributed by atoms with Crippen LogP contribution < -0.4 is 0 Å². The number of nitrogens with zero attached hydrogens (tertiary/aromatic N) is 2. The predicted octanol–water partition coefficient (Wildman–Crippen LogP) is 3.32. The molecule has 0 radical (unpaired) electrons. The second-order valence-corrected chi connectivity index (χ2v) is 1.91. The van der Waals surface area contributed by atoms with Crippen LogP contribution in [-0.2, 0) is 0 Å². The predicted molar refractivity (Wildman–Crippen MR) is 50.4 cm³/mol. The van der Waals surface area contributed by atoms with Crippen molar-refractivity contribution < 1.29 is 4.39 Å². The van der Waals surface area contributed by atoms with Crippen molar-refractivity contribution in [3.8, 4) is 12.6 Å². The molecule has 0 unspecified atom stereocenters. The van der Waals surface area contributed by atoms with Crippen molar-refractivity contribution >= 4 is 5.69 Å². The standard InChI is InChI=1S/C8H4FN2.C2H6/c1-11-8-3-2-6(5-10)4-7(8)9;1-2/h1-4H;1-2H3/q+1;. The molecule has 0 spiro atoms. The molecule has 0 aliphatic carbocycles. The molecule has 0 saturated heterocycles. The fourth-order valence-corrected chi connectivity index (χ4v) is 0.681. The first kappa shape index (κ1) is 11.1. The van der Waals surface area contributed by atoms with Crippen LogP contribution in [0.15, 0.2) is 18.2 Å². The topological polar surface area (TPSA) is 28.1 Å². The lowest BCUT2D eigenvalue weighted by Crippen LogP contribution is -1.77. The van der Waals surface area contributed by atoms with Gasteiger partial charge >= 0.3 is 5.69 Å². The maximum Gasteiger partial charge on any atom is 0.375 e. The SMILES string of the molecule is C#[N+]c1ccc(C#N)cc1F.CC. The second-order valence-electron chi connectivity index (χ2n) is 1.91. The maximum absolute atomic E-state index is 12.7. The van der Waals surface area contributed by atoms with E-state index in [1.54, 1.807) is 6.07 Å². The summed E-state index contributed by atoms with van der Waals surface area (Å²) in [6.07, 6.45) is 0. The van der Waals surface area contributed by atoms with Crippen LogP contribution in [-0.4, -0.2) is 0 Å². The Bertz CT molecular complexity index is 358. The quantitative estimate of drug-likeness (QED) is 0.597. The van der Waals surface area contributed by atoms with Gasteiger partial charge in [0.2, 0.25) is 5.82 Å². The number of halogens is 1. The van der Waals surface area contributed by atoms with E-state index in [9.17, 15) is 4.39 Å². The van der Waals surface area contributed by atoms with E-state index in [0.29, 0.717) is 0 Å². The Labute approximate surface area is 77.1 Å². The fourth-order valence-electron chi connectivity index (χ4n) is 0.681. The van der Waals surface area contributed by atoms with Gasteiger partial charge < -0.3 is 0 Å². The Morgan fingerprint density at radius 3 is 2.46 bits per heavy atom. The zero-order valence-electron chi connectivity index (χ0n) is 7.58. The molecule has 1 aromatic rings. The van der Waals surface area contributed by atoms with E-state index in [-0.39, 0.29) is 11.3 Å². The summed E-state index contributed by atoms with van der Waals surface area (Å²) >= 11 is 0. The molecule has 0 amide bonds. The highest BCUT2D eigenvalue weighted by Gasteiger charge is 2.09. The highest BCUT2D eigenvalue weighted by atomic mass is 19.1. The van der Waals surface area contributed by atoms with Gasteiger partial charge in [0.05, 0.1) is 11.6 Å². The molecule has 66 valence electrons. The summed E-state index contributed by atoms with van der Waals surface area (Å²) < 4.78 is 12.7. The van der Waals surface area contributed by atoms with Crippen LogP contribution in [0.5, 0.6) is 0 Å². The summed E-state index contributed by atoms with van der Waals surface area (Å²) in [5.41, 5.74) is 0.318. The minimum absolute atomic E-state index is 0.0593. The molecule has 0 N–H and O–H groups in total. The zero-order chi connectivity index (χ0) is 10.3. The van der Waals surface area contributed by atoms with Gasteiger partial charge in [-0.1, -0.05) is 13.8 Å². The highest BCUT2D eigenvalue weighted by Crippen LogP contribution is 2.17. The molecule has 0 bridgehead atoms. The summed E-state index contributed by atoms with van der Waals surface area (Å²) in [5.74, 6) is -0.577. The van der Waals surface area contributed by atoms with Crippen LogP contribution in [0.25, 0.3) is 4.85 Å². The molecular formula is C10H10FN2+. The van der Waals surface area contributed by atoms with Crippen LogP contribution in [0.4, 0.5) is 10.1 Å². The summed E-state index contributed by atoms with van der Waals surface area (Å²) in [5, 5.41) is 8.35. The van der Waals surface area contributed by atoms with Gasteiger partial charge in [0.25, 0.3) is 6.57 Å². The van der Waals surface area contributed by atoms with E-state index >= 15 is 0 Å². The first-order chi connectivity index (χ1) is 6.27. The number of hydrogen-bond donors (Lipinski definition) is 0. The molecule has 0 aliphatic heterocycles. The Hall–Kier alpha value is -1.87. The molecule has 2 nitrogen and oxygen atoms in total. The summed E-state index contributed by atoms with van der Waals surface area (Å²) in [6, 6.07) is 5.69. The molecule has 13 heavy (non-hydrogen) atoms. The van der Waals surface area contributed by atoms with E-state index in [1.165, 1.54) is 12.1 Å². The third-order valence-corrected chi connectivity index (χ3v) is 1.22. The Morgan fingerprint density at radius 1 is 1.46 bits per heavy atom. The molecule has 0 atom stereocenters. The van der Waals surface area contributed by atoms with Gasteiger partial charge in [0.15, 0.2) is 0 Å². The Morgan fingerprint density at radius 2 is 2.08 bits per heavy atom. The molecule has 0 aromatic heterocycles. The molecule has 1 aromatic carbocycles. The average Bonchev–Trinajstić information content (AvgIpc) is 2.20. The Kier molecular flexibility index (Phi) is 4.91. The lowest BCUT2D eigenvalue weighted by molar-refractivity contribution is 0.633. The van der Waals surface area contributed by atoms with Crippen LogP contribution in [0.1, 0.15) is 19.4 Å². The van der Waals surface area contributed by atoms with Gasteiger partial charge in [-0.3, -0.25) is 0 Å². The van der Waals surface area contributed by atoms with Crippen LogP contribution >= 0.6 is 0 Å². The lowest BCUT2D eigenvalue weighted by Gasteiger charge is -1.84. The first-order valence-electron chi connectivity index (χ1n) is 3.88. The van der Waals surface area contributed by atoms with Crippen LogP contribution in [0.2, 0.25) is 0 Å². The monoisotopic (exact) mass is 177 g/mol. The lowest BCUT2D eigenvalue weighted by atomic mass is 10.2. The van der Waals surface area contributed by atoms with Crippen molar-refractivity contribution in [3.63, 3.8) is 0 Å². The molecule has 0 heterocycles. The van der Waals surface area contributed by atoms with E-state index in [2.05, 4.69) is 4.85 Å². The third kappa shape index (κ3) is 2.92. The van der Waals surface area contributed by atoms with E-state index < -0.39 is 5.82 Å². The van der Waals surface area contributed by atoms with Crippen molar-refractivity contribution in [3.05, 3.63) is 34.4 Å². The fraction of sp³-hybridized carbons (Fsp3) is 0.200. The number of nitriles is 1. The zero-order valence-corrected chi connectivity index (χ0v) is 7.58. The summed E-state index contributed by atoms with van der Waals surface area (Å²) in [4.78, 5) is 3.16. The van der Waals surface area contributed by atoms with Crippen molar-refractivity contribution in [2.45, 2.75) is 13.8 Å². The highest BCUT2D eigenvalue weighted by molar-refractivity contribution is 5.49. The van der Waals surface area contributed by atoms with Gasteiger partial charge in [0.1, 0.15) is 0 Å². The number of benzene rings is 1. The second kappa shape index (κ2) is 5.74. The van der Waals surface area contributed by atoms with Crippen molar-refractivity contribution in [1.29, 1.82) is 5.26 Å². The third-order valence-electron chi connectivity index (χ3n) is 1.22. The van der Waals surface area contributed by atoms with Crippen molar-refractivity contribution in [2.75, 3.05) is 0 Å². The van der Waals surface area contributed by atoms with E-state index in [1.807, 2.05) is 13.8 Å². The van der Waals surface area contributed by atoms with Gasteiger partial charge in [0, 0.05) is 6.07 Å².